The molecule has 0 spiro atoms. The topological polar surface area (TPSA) is 29.1 Å². The first kappa shape index (κ1) is 9.82. The Bertz CT molecular complexity index is 95.6. The molecule has 2 nitrogen and oxygen atoms in total. The van der Waals surface area contributed by atoms with E-state index >= 15 is 0 Å². The molecule has 59 valence electrons. The molecule has 0 atom stereocenters. The lowest BCUT2D eigenvalue weighted by molar-refractivity contribution is -0.120. The monoisotopic (exact) mass is 160 g/mol. The van der Waals surface area contributed by atoms with E-state index in [-0.39, 0.29) is 5.91 Å². The minimum Gasteiger partial charge on any atom is -0.356 e. The Morgan fingerprint density at radius 2 is 2.30 bits per heavy atom. The Labute approximate surface area is 67.8 Å². The van der Waals surface area contributed by atoms with E-state index < -0.39 is 0 Å². The molecular formula is C7H14NOS. The maximum Gasteiger partial charge on any atom is 0.220 e. The summed E-state index contributed by atoms with van der Waals surface area (Å²) < 4.78 is 0. The van der Waals surface area contributed by atoms with Crippen molar-refractivity contribution in [1.82, 2.24) is 5.32 Å². The van der Waals surface area contributed by atoms with Crippen LogP contribution in [0.4, 0.5) is 0 Å². The summed E-state index contributed by atoms with van der Waals surface area (Å²) in [6.07, 6.45) is 2.66. The van der Waals surface area contributed by atoms with Gasteiger partial charge in [-0.1, -0.05) is 26.0 Å². The van der Waals surface area contributed by atoms with Gasteiger partial charge in [0.15, 0.2) is 0 Å². The number of nitrogens with one attached hydrogen (secondary N) is 1. The number of hydrogen-bond donors (Lipinski definition) is 1. The molecule has 0 aliphatic heterocycles. The van der Waals surface area contributed by atoms with Gasteiger partial charge in [0.25, 0.3) is 0 Å². The summed E-state index contributed by atoms with van der Waals surface area (Å²) in [4.78, 5) is 10.7. The predicted octanol–water partition coefficient (Wildman–Crippen LogP) is 1.49. The summed E-state index contributed by atoms with van der Waals surface area (Å²) in [5, 5.41) is 2.78. The number of amides is 1. The van der Waals surface area contributed by atoms with E-state index in [1.165, 1.54) is 0 Å². The highest BCUT2D eigenvalue weighted by Crippen LogP contribution is 1.86. The highest BCUT2D eigenvalue weighted by molar-refractivity contribution is 7.80. The van der Waals surface area contributed by atoms with Crippen molar-refractivity contribution in [2.75, 3.05) is 12.3 Å². The molecular weight excluding hydrogens is 146 g/mol. The van der Waals surface area contributed by atoms with E-state index in [0.29, 0.717) is 12.2 Å². The average Bonchev–Trinajstić information content (AvgIpc) is 1.89. The molecule has 0 rings (SSSR count). The van der Waals surface area contributed by atoms with Crippen LogP contribution < -0.4 is 5.32 Å². The first-order valence-corrected chi connectivity index (χ1v) is 4.23. The molecule has 0 unspecified atom stereocenters. The van der Waals surface area contributed by atoms with Crippen LogP contribution in [0.2, 0.25) is 0 Å². The van der Waals surface area contributed by atoms with Crippen molar-refractivity contribution in [3.8, 4) is 0 Å². The Morgan fingerprint density at radius 1 is 1.60 bits per heavy atom. The third-order valence-electron chi connectivity index (χ3n) is 1.18. The van der Waals surface area contributed by atoms with Crippen molar-refractivity contribution in [2.45, 2.75) is 26.2 Å². The van der Waals surface area contributed by atoms with Gasteiger partial charge in [0.1, 0.15) is 0 Å². The van der Waals surface area contributed by atoms with Gasteiger partial charge in [0.05, 0.1) is 0 Å². The summed E-state index contributed by atoms with van der Waals surface area (Å²) in [7, 11) is 0. The average molecular weight is 160 g/mol. The Kier molecular flexibility index (Phi) is 6.81. The van der Waals surface area contributed by atoms with Crippen LogP contribution in [-0.4, -0.2) is 18.2 Å². The number of hydrogen-bond acceptors (Lipinski definition) is 1. The second-order valence-electron chi connectivity index (χ2n) is 2.16. The lowest BCUT2D eigenvalue weighted by Gasteiger charge is -2.00. The van der Waals surface area contributed by atoms with E-state index in [1.807, 2.05) is 0 Å². The number of carbonyl (C=O) groups is 1. The third kappa shape index (κ3) is 5.95. The fourth-order valence-electron chi connectivity index (χ4n) is 0.586. The summed E-state index contributed by atoms with van der Waals surface area (Å²) in [5.41, 5.74) is 0. The number of rotatable bonds is 5. The van der Waals surface area contributed by atoms with Gasteiger partial charge in [-0.25, -0.2) is 0 Å². The first-order valence-electron chi connectivity index (χ1n) is 3.66. The lowest BCUT2D eigenvalue weighted by Crippen LogP contribution is -2.24. The van der Waals surface area contributed by atoms with Gasteiger partial charge >= 0.3 is 0 Å². The molecule has 0 aromatic rings. The molecule has 1 radical (unpaired) electrons. The van der Waals surface area contributed by atoms with Crippen LogP contribution in [0, 0.1) is 0 Å². The van der Waals surface area contributed by atoms with Crippen LogP contribution in [0.3, 0.4) is 0 Å². The standard InChI is InChI=1S/C7H14NOS/c1-2-3-5-8-7(9)4-6-10/h2-6H2,1H3,(H,8,9). The zero-order valence-corrected chi connectivity index (χ0v) is 7.17. The smallest absolute Gasteiger partial charge is 0.220 e. The molecule has 0 fully saturated rings. The summed E-state index contributed by atoms with van der Waals surface area (Å²) in [6.45, 7) is 2.89. The Morgan fingerprint density at radius 3 is 2.80 bits per heavy atom. The highest BCUT2D eigenvalue weighted by atomic mass is 32.1. The van der Waals surface area contributed by atoms with E-state index in [0.717, 1.165) is 19.4 Å². The fourth-order valence-corrected chi connectivity index (χ4v) is 0.771. The van der Waals surface area contributed by atoms with Crippen molar-refractivity contribution >= 4 is 18.5 Å². The molecule has 1 N–H and O–H groups in total. The van der Waals surface area contributed by atoms with Crippen LogP contribution in [0.25, 0.3) is 0 Å². The minimum atomic E-state index is 0.0865. The molecule has 0 heterocycles. The molecule has 10 heavy (non-hydrogen) atoms. The molecule has 0 aromatic carbocycles. The van der Waals surface area contributed by atoms with E-state index in [4.69, 9.17) is 0 Å². The van der Waals surface area contributed by atoms with Crippen molar-refractivity contribution in [2.24, 2.45) is 0 Å². The van der Waals surface area contributed by atoms with Gasteiger partial charge in [0, 0.05) is 18.7 Å². The van der Waals surface area contributed by atoms with Gasteiger partial charge in [-0.05, 0) is 6.42 Å². The maximum absolute atomic E-state index is 10.7. The predicted molar refractivity (Wildman–Crippen MR) is 45.0 cm³/mol. The number of unbranched alkanes of at least 4 members (excludes halogenated alkanes) is 1. The Hall–Kier alpha value is -0.180. The van der Waals surface area contributed by atoms with Crippen LogP contribution in [0.1, 0.15) is 26.2 Å². The van der Waals surface area contributed by atoms with Gasteiger partial charge in [-0.15, -0.1) is 0 Å². The number of carbonyl (C=O) groups excluding carboxylic acids is 1. The third-order valence-corrected chi connectivity index (χ3v) is 1.39. The molecule has 3 heteroatoms. The normalized spacial score (nSPS) is 9.40. The molecule has 0 bridgehead atoms. The van der Waals surface area contributed by atoms with Crippen molar-refractivity contribution in [1.29, 1.82) is 0 Å². The maximum atomic E-state index is 10.7. The minimum absolute atomic E-state index is 0.0865. The van der Waals surface area contributed by atoms with Crippen molar-refractivity contribution in [3.63, 3.8) is 0 Å². The van der Waals surface area contributed by atoms with Gasteiger partial charge < -0.3 is 5.32 Å². The van der Waals surface area contributed by atoms with Crippen LogP contribution in [0.5, 0.6) is 0 Å². The quantitative estimate of drug-likeness (QED) is 0.607. The van der Waals surface area contributed by atoms with Crippen molar-refractivity contribution in [3.05, 3.63) is 0 Å². The van der Waals surface area contributed by atoms with Gasteiger partial charge in [0.2, 0.25) is 5.91 Å². The van der Waals surface area contributed by atoms with E-state index in [2.05, 4.69) is 24.9 Å². The van der Waals surface area contributed by atoms with Crippen LogP contribution in [-0.2, 0) is 4.79 Å². The summed E-state index contributed by atoms with van der Waals surface area (Å²) >= 11 is 4.65. The highest BCUT2D eigenvalue weighted by Gasteiger charge is 1.95. The zero-order chi connectivity index (χ0) is 7.82. The molecule has 0 aliphatic rings. The van der Waals surface area contributed by atoms with Crippen LogP contribution in [0.15, 0.2) is 0 Å². The molecule has 0 aliphatic carbocycles. The second kappa shape index (κ2) is 6.93. The van der Waals surface area contributed by atoms with E-state index in [1.54, 1.807) is 0 Å². The second-order valence-corrected chi connectivity index (χ2v) is 2.57. The summed E-state index contributed by atoms with van der Waals surface area (Å²) in [5.74, 6) is 0.612. The molecule has 0 saturated carbocycles. The fraction of sp³-hybridized carbons (Fsp3) is 0.857. The summed E-state index contributed by atoms with van der Waals surface area (Å²) in [6, 6.07) is 0. The van der Waals surface area contributed by atoms with Crippen molar-refractivity contribution < 1.29 is 4.79 Å². The molecule has 1 amide bonds. The van der Waals surface area contributed by atoms with Gasteiger partial charge in [-0.2, -0.15) is 0 Å². The van der Waals surface area contributed by atoms with E-state index in [9.17, 15) is 4.79 Å². The lowest BCUT2D eigenvalue weighted by atomic mass is 10.3. The molecule has 0 saturated heterocycles. The largest absolute Gasteiger partial charge is 0.356 e. The Balaban J connectivity index is 3.05. The molecule has 0 aromatic heterocycles. The van der Waals surface area contributed by atoms with Crippen LogP contribution >= 0.6 is 12.6 Å². The first-order chi connectivity index (χ1) is 4.81. The van der Waals surface area contributed by atoms with Gasteiger partial charge in [-0.3, -0.25) is 4.79 Å². The zero-order valence-electron chi connectivity index (χ0n) is 6.35. The SMILES string of the molecule is CCCCNC(=O)CC[S].